The molecule has 77 heavy (non-hydrogen) atoms. The number of aromatic nitrogens is 2. The third-order valence-electron chi connectivity index (χ3n) is 25.7. The number of rotatable bonds is 3. The van der Waals surface area contributed by atoms with Crippen molar-refractivity contribution in [3.8, 4) is 40.1 Å². The summed E-state index contributed by atoms with van der Waals surface area (Å²) < 4.78 is 5.52. The summed E-state index contributed by atoms with van der Waals surface area (Å²) in [6.07, 6.45) is 19.6. The first-order chi connectivity index (χ1) is 38.0. The second-order valence-electron chi connectivity index (χ2n) is 28.2. The lowest BCUT2D eigenvalue weighted by Gasteiger charge is -2.48. The smallest absolute Gasteiger partial charge is 0.0995 e. The van der Waals surface area contributed by atoms with E-state index in [0.29, 0.717) is 46.3 Å². The van der Waals surface area contributed by atoms with Gasteiger partial charge in [0, 0.05) is 43.4 Å². The molecule has 10 aromatic rings. The van der Waals surface area contributed by atoms with E-state index in [-0.39, 0.29) is 0 Å². The van der Waals surface area contributed by atoms with Gasteiger partial charge >= 0.3 is 0 Å². The Morgan fingerprint density at radius 1 is 0.403 bits per heavy atom. The minimum atomic E-state index is 0.423. The van der Waals surface area contributed by atoms with Crippen molar-refractivity contribution in [2.45, 2.75) is 132 Å². The molecule has 8 saturated carbocycles. The maximum atomic E-state index is 11.6. The average molecular weight is 993 g/mol. The van der Waals surface area contributed by atoms with Crippen molar-refractivity contribution < 1.29 is 0 Å². The molecule has 12 aliphatic carbocycles. The van der Waals surface area contributed by atoms with Crippen LogP contribution in [0.2, 0.25) is 0 Å². The Morgan fingerprint density at radius 3 is 1.53 bits per heavy atom. The highest BCUT2D eigenvalue weighted by Gasteiger charge is 2.67. The summed E-state index contributed by atoms with van der Waals surface area (Å²) in [5.41, 5.74) is 24.9. The molecule has 0 aliphatic heterocycles. The molecular formula is C73H60N4. The van der Waals surface area contributed by atoms with Gasteiger partial charge in [-0.1, -0.05) is 84.9 Å². The fraction of sp³-hybridized carbons (Fsp3) is 0.397. The Balaban J connectivity index is 1.02. The number of fused-ring (bicyclic) bond motifs is 22. The molecule has 0 amide bonds. The molecule has 7 aromatic carbocycles. The molecule has 10 bridgehead atoms. The van der Waals surface area contributed by atoms with Gasteiger partial charge < -0.3 is 8.97 Å². The Bertz CT molecular complexity index is 4450. The van der Waals surface area contributed by atoms with E-state index < -0.39 is 0 Å². The molecule has 12 unspecified atom stereocenters. The summed E-state index contributed by atoms with van der Waals surface area (Å²) in [5.74, 6) is 7.87. The Labute approximate surface area is 449 Å². The van der Waals surface area contributed by atoms with Crippen LogP contribution in [0.15, 0.2) is 109 Å². The molecule has 3 heterocycles. The second-order valence-corrected chi connectivity index (χ2v) is 28.2. The molecule has 0 saturated heterocycles. The fourth-order valence-electron chi connectivity index (χ4n) is 23.6. The molecule has 22 rings (SSSR count). The van der Waals surface area contributed by atoms with Crippen LogP contribution in [0.1, 0.15) is 176 Å². The standard InChI is InChI=1S/C73H60N4/c74-34-46-26-59-67(63-41-19-36-16-37(20-41)18-40(17-36)60(46)63)68-70-56(66-58(76(59)70)25-47(35-75)61-43-22-49-28-51-24-45(64(61)66)33-73(49,51)31-43)29-55-65-57(15-14-52-42-21-48-27-50-23-44(62(52)65)32-72(48,50)30-42)77(71(55)68)69-53(38-8-3-1-4-9-38)12-7-13-54(69)39-10-5-2-6-11-39/h1-15,25-26,29,36-37,40-45,48-51H,16-24,27-28,30-33H2. The van der Waals surface area contributed by atoms with Crippen molar-refractivity contribution in [2.75, 3.05) is 0 Å². The van der Waals surface area contributed by atoms with Crippen LogP contribution >= 0.6 is 0 Å². The van der Waals surface area contributed by atoms with Crippen LogP contribution in [0.4, 0.5) is 0 Å². The third kappa shape index (κ3) is 4.60. The monoisotopic (exact) mass is 992 g/mol. The minimum Gasteiger partial charge on any atom is -0.308 e. The first-order valence-electron chi connectivity index (χ1n) is 30.4. The lowest BCUT2D eigenvalue weighted by Crippen LogP contribution is -2.41. The maximum absolute atomic E-state index is 11.6. The lowest BCUT2D eigenvalue weighted by molar-refractivity contribution is 0.00321. The highest BCUT2D eigenvalue weighted by atomic mass is 15.0. The highest BCUT2D eigenvalue weighted by Crippen LogP contribution is 2.78. The van der Waals surface area contributed by atoms with Gasteiger partial charge in [0.05, 0.1) is 56.5 Å². The van der Waals surface area contributed by atoms with Crippen molar-refractivity contribution in [3.63, 3.8) is 0 Å². The van der Waals surface area contributed by atoms with Crippen molar-refractivity contribution >= 4 is 59.9 Å². The van der Waals surface area contributed by atoms with E-state index in [2.05, 4.69) is 130 Å². The molecule has 12 aliphatic rings. The Hall–Kier alpha value is -6.88. The molecule has 0 radical (unpaired) electrons. The van der Waals surface area contributed by atoms with Gasteiger partial charge in [-0.2, -0.15) is 10.5 Å². The lowest BCUT2D eigenvalue weighted by atomic mass is 9.56. The molecule has 4 nitrogen and oxygen atoms in total. The number of nitrogens with zero attached hydrogens (tertiary/aromatic N) is 4. The van der Waals surface area contributed by atoms with E-state index in [1.54, 1.807) is 16.7 Å². The maximum Gasteiger partial charge on any atom is 0.0995 e. The number of hydrogen-bond acceptors (Lipinski definition) is 2. The van der Waals surface area contributed by atoms with E-state index in [4.69, 9.17) is 0 Å². The Morgan fingerprint density at radius 2 is 0.909 bits per heavy atom. The van der Waals surface area contributed by atoms with E-state index in [0.717, 1.165) is 46.6 Å². The summed E-state index contributed by atoms with van der Waals surface area (Å²) in [4.78, 5) is 0. The number of hydrogen-bond donors (Lipinski definition) is 0. The van der Waals surface area contributed by atoms with Crippen molar-refractivity contribution in [1.82, 2.24) is 8.97 Å². The van der Waals surface area contributed by atoms with Crippen LogP contribution < -0.4 is 0 Å². The van der Waals surface area contributed by atoms with E-state index in [1.807, 2.05) is 0 Å². The van der Waals surface area contributed by atoms with Crippen LogP contribution in [-0.2, 0) is 0 Å². The summed E-state index contributed by atoms with van der Waals surface area (Å²) in [7, 11) is 0. The molecule has 3 aromatic heterocycles. The molecule has 0 N–H and O–H groups in total. The SMILES string of the molecule is N#Cc1cc2c(c3c1C1CC4CC5CC3CC45C1)c1cc3c4c5c(ccc4n(-c4c(-c6ccccc6)cccc4-c4ccccc4)c3c3c4c6c(c(C#N)cc4n2c13)C1CC2CC(C1)CC6C2)C1CC2CC3CC5CC23C1. The number of para-hydroxylation sites is 1. The molecule has 2 spiro atoms. The van der Waals surface area contributed by atoms with E-state index in [9.17, 15) is 10.5 Å². The van der Waals surface area contributed by atoms with Gasteiger partial charge in [-0.25, -0.2) is 0 Å². The van der Waals surface area contributed by atoms with Crippen molar-refractivity contribution in [3.05, 3.63) is 154 Å². The first-order valence-corrected chi connectivity index (χ1v) is 30.4. The van der Waals surface area contributed by atoms with E-state index in [1.165, 1.54) is 201 Å². The predicted octanol–water partition coefficient (Wildman–Crippen LogP) is 18.2. The van der Waals surface area contributed by atoms with Gasteiger partial charge in [0.1, 0.15) is 0 Å². The Kier molecular flexibility index (Phi) is 7.23. The van der Waals surface area contributed by atoms with Gasteiger partial charge in [-0.3, -0.25) is 0 Å². The highest BCUT2D eigenvalue weighted by molar-refractivity contribution is 6.36. The van der Waals surface area contributed by atoms with Crippen LogP contribution in [0, 0.1) is 69.0 Å². The van der Waals surface area contributed by atoms with Gasteiger partial charge in [0.25, 0.3) is 0 Å². The summed E-state index contributed by atoms with van der Waals surface area (Å²) >= 11 is 0. The first kappa shape index (κ1) is 41.2. The fourth-order valence-corrected chi connectivity index (χ4v) is 23.6. The minimum absolute atomic E-state index is 0.423. The number of nitriles is 2. The van der Waals surface area contributed by atoms with E-state index >= 15 is 0 Å². The van der Waals surface area contributed by atoms with Crippen molar-refractivity contribution in [2.24, 2.45) is 46.3 Å². The van der Waals surface area contributed by atoms with Crippen LogP contribution in [0.5, 0.6) is 0 Å². The predicted molar refractivity (Wildman–Crippen MR) is 307 cm³/mol. The average Bonchev–Trinajstić information content (AvgIpc) is 4.46. The normalized spacial score (nSPS) is 34.6. The molecule has 12 atom stereocenters. The second kappa shape index (κ2) is 13.5. The molecule has 4 heteroatoms. The van der Waals surface area contributed by atoms with Crippen LogP contribution in [0.3, 0.4) is 0 Å². The quantitative estimate of drug-likeness (QED) is 0.177. The molecule has 8 fully saturated rings. The third-order valence-corrected chi connectivity index (χ3v) is 25.7. The van der Waals surface area contributed by atoms with Crippen molar-refractivity contribution in [1.29, 1.82) is 10.5 Å². The van der Waals surface area contributed by atoms with Gasteiger partial charge in [0.2, 0.25) is 0 Å². The van der Waals surface area contributed by atoms with Gasteiger partial charge in [0.15, 0.2) is 0 Å². The summed E-state index contributed by atoms with van der Waals surface area (Å²) in [6.45, 7) is 0. The number of benzene rings is 7. The topological polar surface area (TPSA) is 56.9 Å². The van der Waals surface area contributed by atoms with Gasteiger partial charge in [-0.05, 0) is 247 Å². The zero-order valence-corrected chi connectivity index (χ0v) is 43.7. The molecule has 372 valence electrons. The summed E-state index contributed by atoms with van der Waals surface area (Å²) in [5, 5.41) is 31.8. The zero-order chi connectivity index (χ0) is 49.7. The zero-order valence-electron chi connectivity index (χ0n) is 43.7. The van der Waals surface area contributed by atoms with Gasteiger partial charge in [-0.15, -0.1) is 0 Å². The molecular weight excluding hydrogens is 933 g/mol. The van der Waals surface area contributed by atoms with Crippen LogP contribution in [0.25, 0.3) is 87.8 Å². The van der Waals surface area contributed by atoms with Crippen LogP contribution in [-0.4, -0.2) is 8.97 Å². The largest absolute Gasteiger partial charge is 0.308 e. The summed E-state index contributed by atoms with van der Waals surface area (Å²) in [6, 6.07) is 48.3.